The molecule has 168 valence electrons. The molecule has 0 radical (unpaired) electrons. The van der Waals surface area contributed by atoms with Gasteiger partial charge in [0.2, 0.25) is 5.91 Å². The predicted octanol–water partition coefficient (Wildman–Crippen LogP) is 4.26. The van der Waals surface area contributed by atoms with Gasteiger partial charge < -0.3 is 15.4 Å². The maximum Gasteiger partial charge on any atom is 0.224 e. The standard InChI is InChI=1S/C25H35N3O2S/c1-3-16(2)23(25(31)26-15-17-10-12-30-13-11-17)28-24(29)18-8-9-22-20(14-18)19-6-4-5-7-21(19)27-22/h4-5,7,16-18,23H,3,6,8-15H2,1-2H3,(H,26,31)(H,28,29)/t16-,18?,23-/m0/s1. The molecule has 6 heteroatoms. The van der Waals surface area contributed by atoms with Crippen molar-refractivity contribution < 1.29 is 9.53 Å². The van der Waals surface area contributed by atoms with Gasteiger partial charge in [0.1, 0.15) is 0 Å². The van der Waals surface area contributed by atoms with E-state index >= 15 is 0 Å². The molecule has 1 saturated carbocycles. The molecule has 31 heavy (non-hydrogen) atoms. The number of fused-ring (bicyclic) bond motifs is 2. The Labute approximate surface area is 191 Å². The smallest absolute Gasteiger partial charge is 0.224 e. The van der Waals surface area contributed by atoms with Crippen LogP contribution in [0.15, 0.2) is 40.1 Å². The molecule has 0 aromatic rings. The second-order valence-electron chi connectivity index (χ2n) is 9.31. The fraction of sp³-hybridized carbons (Fsp3) is 0.640. The second kappa shape index (κ2) is 10.2. The van der Waals surface area contributed by atoms with Gasteiger partial charge in [-0.3, -0.25) is 9.79 Å². The fourth-order valence-corrected chi connectivity index (χ4v) is 5.30. The molecule has 0 bridgehead atoms. The van der Waals surface area contributed by atoms with Gasteiger partial charge in [-0.2, -0.15) is 0 Å². The molecule has 5 nitrogen and oxygen atoms in total. The number of allylic oxidation sites excluding steroid dienone is 5. The van der Waals surface area contributed by atoms with Crippen LogP contribution in [0.4, 0.5) is 0 Å². The van der Waals surface area contributed by atoms with Crippen molar-refractivity contribution in [1.82, 2.24) is 10.6 Å². The minimum Gasteiger partial charge on any atom is -0.381 e. The highest BCUT2D eigenvalue weighted by Crippen LogP contribution is 2.39. The van der Waals surface area contributed by atoms with Crippen LogP contribution in [-0.2, 0) is 9.53 Å². The zero-order chi connectivity index (χ0) is 21.8. The van der Waals surface area contributed by atoms with E-state index < -0.39 is 0 Å². The normalized spacial score (nSPS) is 25.2. The topological polar surface area (TPSA) is 62.7 Å². The number of hydrogen-bond donors (Lipinski definition) is 2. The van der Waals surface area contributed by atoms with Crippen LogP contribution in [0, 0.1) is 17.8 Å². The summed E-state index contributed by atoms with van der Waals surface area (Å²) in [5, 5.41) is 6.79. The van der Waals surface area contributed by atoms with Crippen LogP contribution in [0.5, 0.6) is 0 Å². The van der Waals surface area contributed by atoms with Crippen molar-refractivity contribution >= 4 is 28.8 Å². The summed E-state index contributed by atoms with van der Waals surface area (Å²) < 4.78 is 5.46. The predicted molar refractivity (Wildman–Crippen MR) is 129 cm³/mol. The SMILES string of the molecule is CC[C@H](C)[C@H](NC(=O)C1CCC2=NC3=CC=CCC3=C2C1)C(=S)NCC1CCOCC1. The van der Waals surface area contributed by atoms with Crippen LogP contribution in [0.25, 0.3) is 0 Å². The van der Waals surface area contributed by atoms with E-state index in [-0.39, 0.29) is 17.9 Å². The lowest BCUT2D eigenvalue weighted by Crippen LogP contribution is -2.52. The van der Waals surface area contributed by atoms with E-state index in [0.717, 1.165) is 75.4 Å². The van der Waals surface area contributed by atoms with Gasteiger partial charge >= 0.3 is 0 Å². The molecular weight excluding hydrogens is 406 g/mol. The molecule has 4 rings (SSSR count). The molecule has 2 aliphatic heterocycles. The Morgan fingerprint density at radius 3 is 2.87 bits per heavy atom. The van der Waals surface area contributed by atoms with E-state index in [1.165, 1.54) is 16.9 Å². The van der Waals surface area contributed by atoms with E-state index in [9.17, 15) is 4.79 Å². The number of ether oxygens (including phenoxy) is 1. The molecule has 1 amide bonds. The molecule has 2 fully saturated rings. The lowest BCUT2D eigenvalue weighted by Gasteiger charge is -2.31. The first-order chi connectivity index (χ1) is 15.1. The zero-order valence-electron chi connectivity index (χ0n) is 18.8. The van der Waals surface area contributed by atoms with Gasteiger partial charge in [0.25, 0.3) is 0 Å². The van der Waals surface area contributed by atoms with Crippen molar-refractivity contribution in [3.05, 3.63) is 35.1 Å². The molecule has 1 saturated heterocycles. The van der Waals surface area contributed by atoms with E-state index in [0.29, 0.717) is 11.8 Å². The highest BCUT2D eigenvalue weighted by atomic mass is 32.1. The van der Waals surface area contributed by atoms with Crippen molar-refractivity contribution in [1.29, 1.82) is 0 Å². The summed E-state index contributed by atoms with van der Waals surface area (Å²) in [5.41, 5.74) is 4.93. The summed E-state index contributed by atoms with van der Waals surface area (Å²) in [5.74, 6) is 1.03. The Balaban J connectivity index is 1.37. The van der Waals surface area contributed by atoms with Gasteiger partial charge in [-0.05, 0) is 67.6 Å². The number of thiocarbonyl (C=S) groups is 1. The summed E-state index contributed by atoms with van der Waals surface area (Å²) in [6, 6.07) is -0.114. The number of rotatable bonds is 7. The van der Waals surface area contributed by atoms with Crippen molar-refractivity contribution in [2.45, 2.75) is 64.8 Å². The number of hydrogen-bond acceptors (Lipinski definition) is 4. The van der Waals surface area contributed by atoms with Gasteiger partial charge in [0, 0.05) is 31.4 Å². The zero-order valence-corrected chi connectivity index (χ0v) is 19.6. The van der Waals surface area contributed by atoms with Gasteiger partial charge in [-0.1, -0.05) is 44.6 Å². The molecule has 3 atom stereocenters. The number of amides is 1. The van der Waals surface area contributed by atoms with E-state index in [2.05, 4.69) is 42.7 Å². The molecule has 0 aromatic carbocycles. The number of aliphatic imine (C=N–C) groups is 1. The van der Waals surface area contributed by atoms with Gasteiger partial charge in [-0.25, -0.2) is 0 Å². The van der Waals surface area contributed by atoms with Crippen LogP contribution in [0.2, 0.25) is 0 Å². The van der Waals surface area contributed by atoms with E-state index in [1.54, 1.807) is 0 Å². The lowest BCUT2D eigenvalue weighted by molar-refractivity contribution is -0.125. The summed E-state index contributed by atoms with van der Waals surface area (Å²) in [7, 11) is 0. The Hall–Kier alpha value is -1.79. The van der Waals surface area contributed by atoms with Crippen molar-refractivity contribution in [2.24, 2.45) is 22.7 Å². The molecule has 4 aliphatic rings. The minimum absolute atomic E-state index is 0.00319. The Bertz CT molecular complexity index is 836. The van der Waals surface area contributed by atoms with Crippen molar-refractivity contribution in [3.8, 4) is 0 Å². The second-order valence-corrected chi connectivity index (χ2v) is 9.75. The van der Waals surface area contributed by atoms with Gasteiger partial charge in [0.05, 0.1) is 16.7 Å². The molecule has 1 unspecified atom stereocenters. The molecule has 0 aromatic heterocycles. The van der Waals surface area contributed by atoms with Crippen LogP contribution < -0.4 is 10.6 Å². The average molecular weight is 442 g/mol. The monoisotopic (exact) mass is 441 g/mol. The molecule has 2 heterocycles. The van der Waals surface area contributed by atoms with Crippen molar-refractivity contribution in [3.63, 3.8) is 0 Å². The average Bonchev–Trinajstić information content (AvgIpc) is 3.19. The highest BCUT2D eigenvalue weighted by Gasteiger charge is 2.35. The summed E-state index contributed by atoms with van der Waals surface area (Å²) in [6.45, 7) is 6.87. The first kappa shape index (κ1) is 22.4. The number of carbonyl (C=O) groups is 1. The summed E-state index contributed by atoms with van der Waals surface area (Å²) in [6.07, 6.45) is 12.9. The first-order valence-corrected chi connectivity index (χ1v) is 12.3. The molecule has 2 N–H and O–H groups in total. The molecular formula is C25H35N3O2S. The van der Waals surface area contributed by atoms with Crippen LogP contribution in [-0.4, -0.2) is 42.4 Å². The van der Waals surface area contributed by atoms with Crippen molar-refractivity contribution in [2.75, 3.05) is 19.8 Å². The first-order valence-electron chi connectivity index (χ1n) is 11.9. The third kappa shape index (κ3) is 5.17. The number of carbonyl (C=O) groups excluding carboxylic acids is 1. The van der Waals surface area contributed by atoms with E-state index in [1.807, 2.05) is 0 Å². The largest absolute Gasteiger partial charge is 0.381 e. The van der Waals surface area contributed by atoms with Gasteiger partial charge in [0.15, 0.2) is 0 Å². The maximum absolute atomic E-state index is 13.3. The Morgan fingerprint density at radius 2 is 2.10 bits per heavy atom. The lowest BCUT2D eigenvalue weighted by atomic mass is 9.81. The molecule has 2 aliphatic carbocycles. The highest BCUT2D eigenvalue weighted by molar-refractivity contribution is 7.80. The van der Waals surface area contributed by atoms with E-state index in [4.69, 9.17) is 21.9 Å². The minimum atomic E-state index is -0.114. The third-order valence-electron chi connectivity index (χ3n) is 7.24. The third-order valence-corrected chi connectivity index (χ3v) is 7.64. The number of nitrogens with one attached hydrogen (secondary N) is 2. The van der Waals surface area contributed by atoms with Gasteiger partial charge in [-0.15, -0.1) is 0 Å². The fourth-order valence-electron chi connectivity index (χ4n) is 4.93. The summed E-state index contributed by atoms with van der Waals surface area (Å²) in [4.78, 5) is 18.9. The Kier molecular flexibility index (Phi) is 7.39. The Morgan fingerprint density at radius 1 is 1.29 bits per heavy atom. The summed E-state index contributed by atoms with van der Waals surface area (Å²) >= 11 is 5.76. The van der Waals surface area contributed by atoms with Crippen LogP contribution in [0.3, 0.4) is 0 Å². The molecule has 0 spiro atoms. The van der Waals surface area contributed by atoms with Crippen LogP contribution in [0.1, 0.15) is 58.8 Å². The quantitative estimate of drug-likeness (QED) is 0.580. The number of nitrogens with zero attached hydrogens (tertiary/aromatic N) is 1. The van der Waals surface area contributed by atoms with Crippen LogP contribution >= 0.6 is 12.2 Å². The maximum atomic E-state index is 13.3.